The summed E-state index contributed by atoms with van der Waals surface area (Å²) in [4.78, 5) is 24.4. The minimum Gasteiger partial charge on any atom is -0.375 e. The topological polar surface area (TPSA) is 122 Å². The molecular formula is C16H22N4O6S. The summed E-state index contributed by atoms with van der Waals surface area (Å²) in [6.45, 7) is 3.58. The maximum Gasteiger partial charge on any atom is 0.289 e. The van der Waals surface area contributed by atoms with Crippen molar-refractivity contribution < 1.29 is 22.9 Å². The Labute approximate surface area is 157 Å². The maximum atomic E-state index is 12.8. The average Bonchev–Trinajstić information content (AvgIpc) is 2.68. The second-order valence-electron chi connectivity index (χ2n) is 6.46. The number of hydrogen-bond donors (Lipinski definition) is 1. The minimum absolute atomic E-state index is 0.0854. The average molecular weight is 398 g/mol. The zero-order chi connectivity index (χ0) is 19.6. The predicted molar refractivity (Wildman–Crippen MR) is 95.6 cm³/mol. The standard InChI is InChI=1S/C16H22N4O6S/c1-12-15(17-6-11-26-12)16(21)18-7-9-19(10-8-18)27(24,25)14-5-3-2-4-13(14)20(22)23/h2-5,12,15,17H,6-11H2,1H3/t12-,15+/m1/s1. The highest BCUT2D eigenvalue weighted by atomic mass is 32.2. The molecule has 148 valence electrons. The summed E-state index contributed by atoms with van der Waals surface area (Å²) in [6, 6.07) is 4.83. The van der Waals surface area contributed by atoms with Gasteiger partial charge in [0.15, 0.2) is 4.90 Å². The molecule has 10 nitrogen and oxygen atoms in total. The van der Waals surface area contributed by atoms with Gasteiger partial charge in [-0.2, -0.15) is 4.31 Å². The van der Waals surface area contributed by atoms with E-state index >= 15 is 0 Å². The van der Waals surface area contributed by atoms with Gasteiger partial charge in [0, 0.05) is 38.8 Å². The first-order chi connectivity index (χ1) is 12.8. The number of nitrogens with one attached hydrogen (secondary N) is 1. The maximum absolute atomic E-state index is 12.8. The molecule has 0 spiro atoms. The van der Waals surface area contributed by atoms with Gasteiger partial charge in [-0.05, 0) is 13.0 Å². The number of nitro groups is 1. The van der Waals surface area contributed by atoms with Crippen LogP contribution in [0.25, 0.3) is 0 Å². The molecule has 0 bridgehead atoms. The molecule has 2 aliphatic heterocycles. The number of rotatable bonds is 4. The van der Waals surface area contributed by atoms with Crippen LogP contribution >= 0.6 is 0 Å². The van der Waals surface area contributed by atoms with Gasteiger partial charge in [0.2, 0.25) is 15.9 Å². The van der Waals surface area contributed by atoms with Gasteiger partial charge < -0.3 is 15.0 Å². The lowest BCUT2D eigenvalue weighted by Crippen LogP contribution is -2.60. The molecule has 0 radical (unpaired) electrons. The lowest BCUT2D eigenvalue weighted by atomic mass is 10.1. The van der Waals surface area contributed by atoms with E-state index in [0.29, 0.717) is 13.2 Å². The fraction of sp³-hybridized carbons (Fsp3) is 0.562. The monoisotopic (exact) mass is 398 g/mol. The third kappa shape index (κ3) is 3.95. The Bertz CT molecular complexity index is 822. The van der Waals surface area contributed by atoms with E-state index in [1.165, 1.54) is 28.6 Å². The molecule has 3 rings (SSSR count). The lowest BCUT2D eigenvalue weighted by molar-refractivity contribution is -0.387. The number of ether oxygens (including phenoxy) is 1. The molecule has 2 aliphatic rings. The number of carbonyl (C=O) groups is 1. The van der Waals surface area contributed by atoms with Crippen LogP contribution in [0.1, 0.15) is 6.92 Å². The normalized spacial score (nSPS) is 24.6. The highest BCUT2D eigenvalue weighted by molar-refractivity contribution is 7.89. The van der Waals surface area contributed by atoms with Crippen LogP contribution in [-0.4, -0.2) is 79.9 Å². The van der Waals surface area contributed by atoms with Crippen LogP contribution in [0.4, 0.5) is 5.69 Å². The molecular weight excluding hydrogens is 376 g/mol. The van der Waals surface area contributed by atoms with Crippen molar-refractivity contribution in [2.75, 3.05) is 39.3 Å². The fourth-order valence-corrected chi connectivity index (χ4v) is 4.90. The molecule has 1 aromatic rings. The number of hydrogen-bond acceptors (Lipinski definition) is 7. The van der Waals surface area contributed by atoms with Crippen molar-refractivity contribution in [3.63, 3.8) is 0 Å². The van der Waals surface area contributed by atoms with E-state index < -0.39 is 26.7 Å². The van der Waals surface area contributed by atoms with Crippen molar-refractivity contribution in [3.8, 4) is 0 Å². The molecule has 1 N–H and O–H groups in total. The molecule has 2 heterocycles. The number of sulfonamides is 1. The van der Waals surface area contributed by atoms with Gasteiger partial charge >= 0.3 is 0 Å². The van der Waals surface area contributed by atoms with Crippen molar-refractivity contribution in [2.24, 2.45) is 0 Å². The van der Waals surface area contributed by atoms with E-state index in [0.717, 1.165) is 0 Å². The first-order valence-electron chi connectivity index (χ1n) is 8.69. The second kappa shape index (κ2) is 7.89. The van der Waals surface area contributed by atoms with Gasteiger partial charge in [-0.1, -0.05) is 12.1 Å². The summed E-state index contributed by atoms with van der Waals surface area (Å²) in [7, 11) is -4.01. The Morgan fingerprint density at radius 3 is 2.56 bits per heavy atom. The van der Waals surface area contributed by atoms with E-state index in [4.69, 9.17) is 4.74 Å². The van der Waals surface area contributed by atoms with E-state index in [1.807, 2.05) is 6.92 Å². The quantitative estimate of drug-likeness (QED) is 0.551. The van der Waals surface area contributed by atoms with Crippen LogP contribution in [0.3, 0.4) is 0 Å². The molecule has 2 atom stereocenters. The Hall–Kier alpha value is -2.08. The third-order valence-corrected chi connectivity index (χ3v) is 6.76. The van der Waals surface area contributed by atoms with Crippen LogP contribution in [0, 0.1) is 10.1 Å². The first kappa shape index (κ1) is 19.7. The summed E-state index contributed by atoms with van der Waals surface area (Å²) in [5.74, 6) is -0.120. The fourth-order valence-electron chi connectivity index (χ4n) is 3.32. The van der Waals surface area contributed by atoms with E-state index in [9.17, 15) is 23.3 Å². The van der Waals surface area contributed by atoms with Gasteiger partial charge in [0.1, 0.15) is 6.04 Å². The molecule has 0 saturated carbocycles. The molecule has 0 aliphatic carbocycles. The summed E-state index contributed by atoms with van der Waals surface area (Å²) in [5, 5.41) is 14.3. The van der Waals surface area contributed by atoms with Crippen molar-refractivity contribution in [1.29, 1.82) is 0 Å². The van der Waals surface area contributed by atoms with Gasteiger partial charge in [-0.25, -0.2) is 8.42 Å². The van der Waals surface area contributed by atoms with Crippen LogP contribution in [0.5, 0.6) is 0 Å². The Morgan fingerprint density at radius 1 is 1.26 bits per heavy atom. The smallest absolute Gasteiger partial charge is 0.289 e. The number of para-hydroxylation sites is 1. The summed E-state index contributed by atoms with van der Waals surface area (Å²) >= 11 is 0. The highest BCUT2D eigenvalue weighted by Gasteiger charge is 2.37. The molecule has 1 aromatic carbocycles. The zero-order valence-electron chi connectivity index (χ0n) is 14.9. The van der Waals surface area contributed by atoms with E-state index in [2.05, 4.69) is 5.32 Å². The number of amides is 1. The number of morpholine rings is 1. The Kier molecular flexibility index (Phi) is 5.75. The molecule has 2 fully saturated rings. The number of nitro benzene ring substituents is 1. The van der Waals surface area contributed by atoms with Crippen LogP contribution in [-0.2, 0) is 19.6 Å². The lowest BCUT2D eigenvalue weighted by Gasteiger charge is -2.38. The van der Waals surface area contributed by atoms with Crippen LogP contribution in [0.15, 0.2) is 29.2 Å². The van der Waals surface area contributed by atoms with Crippen molar-refractivity contribution >= 4 is 21.6 Å². The van der Waals surface area contributed by atoms with Crippen LogP contribution < -0.4 is 5.32 Å². The predicted octanol–water partition coefficient (Wildman–Crippen LogP) is -0.195. The van der Waals surface area contributed by atoms with Gasteiger partial charge in [0.05, 0.1) is 17.6 Å². The number of piperazine rings is 1. The van der Waals surface area contributed by atoms with Crippen molar-refractivity contribution in [1.82, 2.24) is 14.5 Å². The molecule has 1 amide bonds. The van der Waals surface area contributed by atoms with Crippen molar-refractivity contribution in [2.45, 2.75) is 24.0 Å². The van der Waals surface area contributed by atoms with Gasteiger partial charge in [0.25, 0.3) is 5.69 Å². The number of nitrogens with zero attached hydrogens (tertiary/aromatic N) is 3. The largest absolute Gasteiger partial charge is 0.375 e. The van der Waals surface area contributed by atoms with Crippen molar-refractivity contribution in [3.05, 3.63) is 34.4 Å². The first-order valence-corrected chi connectivity index (χ1v) is 10.1. The van der Waals surface area contributed by atoms with E-state index in [1.54, 1.807) is 4.90 Å². The zero-order valence-corrected chi connectivity index (χ0v) is 15.7. The summed E-state index contributed by atoms with van der Waals surface area (Å²) < 4.78 is 32.3. The van der Waals surface area contributed by atoms with Crippen LogP contribution in [0.2, 0.25) is 0 Å². The molecule has 11 heteroatoms. The van der Waals surface area contributed by atoms with Gasteiger partial charge in [-0.15, -0.1) is 0 Å². The highest BCUT2D eigenvalue weighted by Crippen LogP contribution is 2.27. The molecule has 2 saturated heterocycles. The number of carbonyl (C=O) groups excluding carboxylic acids is 1. The Balaban J connectivity index is 1.70. The second-order valence-corrected chi connectivity index (χ2v) is 8.37. The summed E-state index contributed by atoms with van der Waals surface area (Å²) in [6.07, 6.45) is -0.250. The van der Waals surface area contributed by atoms with E-state index in [-0.39, 0.29) is 43.1 Å². The minimum atomic E-state index is -4.01. The SMILES string of the molecule is C[C@H]1OCCN[C@@H]1C(=O)N1CCN(S(=O)(=O)c2ccccc2[N+](=O)[O-])CC1. The summed E-state index contributed by atoms with van der Waals surface area (Å²) in [5.41, 5.74) is -0.451. The molecule has 0 unspecified atom stereocenters. The Morgan fingerprint density at radius 2 is 1.93 bits per heavy atom. The van der Waals surface area contributed by atoms with Gasteiger partial charge in [-0.3, -0.25) is 14.9 Å². The number of benzene rings is 1. The molecule has 0 aromatic heterocycles. The third-order valence-electron chi connectivity index (χ3n) is 4.81. The molecule has 27 heavy (non-hydrogen) atoms.